The Morgan fingerprint density at radius 2 is 1.91 bits per heavy atom. The van der Waals surface area contributed by atoms with Crippen LogP contribution in [0.4, 0.5) is 5.95 Å². The van der Waals surface area contributed by atoms with Gasteiger partial charge in [0.25, 0.3) is 5.91 Å². The molecule has 6 heteroatoms. The van der Waals surface area contributed by atoms with Crippen molar-refractivity contribution in [3.8, 4) is 0 Å². The third-order valence-corrected chi connectivity index (χ3v) is 3.22. The van der Waals surface area contributed by atoms with Crippen LogP contribution in [0, 0.1) is 6.92 Å². The summed E-state index contributed by atoms with van der Waals surface area (Å²) < 4.78 is 0. The van der Waals surface area contributed by atoms with Gasteiger partial charge >= 0.3 is 0 Å². The summed E-state index contributed by atoms with van der Waals surface area (Å²) in [6, 6.07) is 11.5. The molecule has 0 radical (unpaired) electrons. The van der Waals surface area contributed by atoms with E-state index in [-0.39, 0.29) is 5.91 Å². The molecule has 0 saturated carbocycles. The number of carbonyl (C=O) groups excluding carboxylic acids is 1. The highest BCUT2D eigenvalue weighted by Gasteiger charge is 2.10. The standard InChI is InChI=1S/C17H23N5O/c1-13-11-15(21-17(20-13)18-9-10-22(2)3)16(23)19-12-14-7-5-4-6-8-14/h4-8,11H,9-10,12H2,1-3H3,(H,19,23)(H,18,20,21). The first-order chi connectivity index (χ1) is 11.0. The van der Waals surface area contributed by atoms with E-state index in [0.717, 1.165) is 24.3 Å². The van der Waals surface area contributed by atoms with Gasteiger partial charge in [0.1, 0.15) is 5.69 Å². The highest BCUT2D eigenvalue weighted by molar-refractivity contribution is 5.92. The van der Waals surface area contributed by atoms with Crippen LogP contribution >= 0.6 is 0 Å². The molecule has 0 saturated heterocycles. The van der Waals surface area contributed by atoms with Crippen molar-refractivity contribution in [3.63, 3.8) is 0 Å². The average molecular weight is 313 g/mol. The largest absolute Gasteiger partial charge is 0.353 e. The van der Waals surface area contributed by atoms with Crippen LogP contribution in [0.3, 0.4) is 0 Å². The summed E-state index contributed by atoms with van der Waals surface area (Å²) in [6.45, 7) is 3.92. The first-order valence-corrected chi connectivity index (χ1v) is 7.61. The Morgan fingerprint density at radius 3 is 2.61 bits per heavy atom. The van der Waals surface area contributed by atoms with E-state index in [1.54, 1.807) is 6.07 Å². The number of carbonyl (C=O) groups is 1. The predicted molar refractivity (Wildman–Crippen MR) is 91.4 cm³/mol. The highest BCUT2D eigenvalue weighted by atomic mass is 16.1. The number of hydrogen-bond donors (Lipinski definition) is 2. The summed E-state index contributed by atoms with van der Waals surface area (Å²) in [6.07, 6.45) is 0. The van der Waals surface area contributed by atoms with E-state index in [4.69, 9.17) is 0 Å². The molecular weight excluding hydrogens is 290 g/mol. The summed E-state index contributed by atoms with van der Waals surface area (Å²) in [5, 5.41) is 6.02. The van der Waals surface area contributed by atoms with Crippen LogP contribution in [-0.4, -0.2) is 48.0 Å². The fourth-order valence-corrected chi connectivity index (χ4v) is 2.02. The van der Waals surface area contributed by atoms with Crippen LogP contribution in [0.5, 0.6) is 0 Å². The minimum absolute atomic E-state index is 0.199. The molecule has 0 aliphatic carbocycles. The maximum atomic E-state index is 12.3. The summed E-state index contributed by atoms with van der Waals surface area (Å²) >= 11 is 0. The van der Waals surface area contributed by atoms with Gasteiger partial charge in [-0.2, -0.15) is 0 Å². The molecule has 0 unspecified atom stereocenters. The molecule has 122 valence electrons. The predicted octanol–water partition coefficient (Wildman–Crippen LogP) is 1.69. The van der Waals surface area contributed by atoms with E-state index in [2.05, 4.69) is 25.5 Å². The second-order valence-corrected chi connectivity index (χ2v) is 5.62. The molecule has 0 fully saturated rings. The molecule has 1 heterocycles. The van der Waals surface area contributed by atoms with Gasteiger partial charge in [-0.25, -0.2) is 9.97 Å². The van der Waals surface area contributed by atoms with Crippen molar-refractivity contribution in [2.45, 2.75) is 13.5 Å². The van der Waals surface area contributed by atoms with Crippen molar-refractivity contribution in [2.24, 2.45) is 0 Å². The number of benzene rings is 1. The van der Waals surface area contributed by atoms with Gasteiger partial charge in [0.2, 0.25) is 5.95 Å². The zero-order chi connectivity index (χ0) is 16.7. The minimum Gasteiger partial charge on any atom is -0.353 e. The van der Waals surface area contributed by atoms with Gasteiger partial charge in [0, 0.05) is 25.3 Å². The van der Waals surface area contributed by atoms with E-state index in [1.165, 1.54) is 0 Å². The molecule has 0 atom stereocenters. The molecule has 2 rings (SSSR count). The van der Waals surface area contributed by atoms with Crippen molar-refractivity contribution >= 4 is 11.9 Å². The number of amides is 1. The lowest BCUT2D eigenvalue weighted by molar-refractivity contribution is 0.0945. The van der Waals surface area contributed by atoms with E-state index in [0.29, 0.717) is 18.2 Å². The monoisotopic (exact) mass is 313 g/mol. The third kappa shape index (κ3) is 5.67. The normalized spacial score (nSPS) is 10.6. The van der Waals surface area contributed by atoms with Gasteiger partial charge in [-0.3, -0.25) is 4.79 Å². The van der Waals surface area contributed by atoms with Crippen LogP contribution in [-0.2, 0) is 6.54 Å². The Hall–Kier alpha value is -2.47. The lowest BCUT2D eigenvalue weighted by Crippen LogP contribution is -2.25. The smallest absolute Gasteiger partial charge is 0.270 e. The summed E-state index contributed by atoms with van der Waals surface area (Å²) in [7, 11) is 4.00. The van der Waals surface area contributed by atoms with Crippen molar-refractivity contribution < 1.29 is 4.79 Å². The fourth-order valence-electron chi connectivity index (χ4n) is 2.02. The van der Waals surface area contributed by atoms with Crippen LogP contribution in [0.25, 0.3) is 0 Å². The summed E-state index contributed by atoms with van der Waals surface area (Å²) in [5.74, 6) is 0.284. The summed E-state index contributed by atoms with van der Waals surface area (Å²) in [5.41, 5.74) is 2.19. The molecule has 0 spiro atoms. The molecule has 1 amide bonds. The number of aryl methyl sites for hydroxylation is 1. The number of nitrogens with one attached hydrogen (secondary N) is 2. The first kappa shape index (κ1) is 16.9. The first-order valence-electron chi connectivity index (χ1n) is 7.61. The number of hydrogen-bond acceptors (Lipinski definition) is 5. The Morgan fingerprint density at radius 1 is 1.17 bits per heavy atom. The SMILES string of the molecule is Cc1cc(C(=O)NCc2ccccc2)nc(NCCN(C)C)n1. The lowest BCUT2D eigenvalue weighted by atomic mass is 10.2. The zero-order valence-corrected chi connectivity index (χ0v) is 13.8. The third-order valence-electron chi connectivity index (χ3n) is 3.22. The number of rotatable bonds is 7. The maximum absolute atomic E-state index is 12.3. The highest BCUT2D eigenvalue weighted by Crippen LogP contribution is 2.06. The van der Waals surface area contributed by atoms with Crippen molar-refractivity contribution in [1.82, 2.24) is 20.2 Å². The molecule has 1 aromatic carbocycles. The molecule has 2 aromatic rings. The zero-order valence-electron chi connectivity index (χ0n) is 13.8. The fraction of sp³-hybridized carbons (Fsp3) is 0.353. The number of aromatic nitrogens is 2. The molecule has 6 nitrogen and oxygen atoms in total. The Kier molecular flexibility index (Phi) is 6.05. The van der Waals surface area contributed by atoms with Gasteiger partial charge in [0.15, 0.2) is 0 Å². The van der Waals surface area contributed by atoms with Gasteiger partial charge in [-0.1, -0.05) is 30.3 Å². The van der Waals surface area contributed by atoms with Crippen LogP contribution < -0.4 is 10.6 Å². The number of nitrogens with zero attached hydrogens (tertiary/aromatic N) is 3. The number of anilines is 1. The Bertz CT molecular complexity index is 643. The van der Waals surface area contributed by atoms with Gasteiger partial charge in [0.05, 0.1) is 0 Å². The summed E-state index contributed by atoms with van der Waals surface area (Å²) in [4.78, 5) is 22.9. The minimum atomic E-state index is -0.199. The molecule has 0 aliphatic heterocycles. The Labute approximate surface area is 137 Å². The van der Waals surface area contributed by atoms with E-state index in [9.17, 15) is 4.79 Å². The Balaban J connectivity index is 1.97. The molecule has 2 N–H and O–H groups in total. The van der Waals surface area contributed by atoms with E-state index < -0.39 is 0 Å². The maximum Gasteiger partial charge on any atom is 0.270 e. The van der Waals surface area contributed by atoms with Crippen LogP contribution in [0.1, 0.15) is 21.7 Å². The topological polar surface area (TPSA) is 70.2 Å². The molecule has 0 aliphatic rings. The van der Waals surface area contributed by atoms with E-state index >= 15 is 0 Å². The second kappa shape index (κ2) is 8.24. The van der Waals surface area contributed by atoms with Crippen molar-refractivity contribution in [2.75, 3.05) is 32.5 Å². The molecule has 0 bridgehead atoms. The van der Waals surface area contributed by atoms with Crippen molar-refractivity contribution in [3.05, 3.63) is 53.3 Å². The van der Waals surface area contributed by atoms with Gasteiger partial charge in [-0.05, 0) is 32.6 Å². The van der Waals surface area contributed by atoms with E-state index in [1.807, 2.05) is 51.4 Å². The molecular formula is C17H23N5O. The average Bonchev–Trinajstić information content (AvgIpc) is 2.52. The van der Waals surface area contributed by atoms with Crippen LogP contribution in [0.2, 0.25) is 0 Å². The quantitative estimate of drug-likeness (QED) is 0.814. The van der Waals surface area contributed by atoms with Crippen LogP contribution in [0.15, 0.2) is 36.4 Å². The molecule has 1 aromatic heterocycles. The van der Waals surface area contributed by atoms with Gasteiger partial charge < -0.3 is 15.5 Å². The van der Waals surface area contributed by atoms with Crippen molar-refractivity contribution in [1.29, 1.82) is 0 Å². The van der Waals surface area contributed by atoms with Gasteiger partial charge in [-0.15, -0.1) is 0 Å². The molecule has 23 heavy (non-hydrogen) atoms. The lowest BCUT2D eigenvalue weighted by Gasteiger charge is -2.11. The second-order valence-electron chi connectivity index (χ2n) is 5.62. The number of likely N-dealkylation sites (N-methyl/N-ethyl adjacent to an activating group) is 1.